The number of hydrogen-bond acceptors (Lipinski definition) is 5. The SMILES string of the molecule is Cc1nc(C(=O)N[C@@H]2C3CCN(CC3)[C@H]2C)sc1-c1cccs1. The van der Waals surface area contributed by atoms with Crippen LogP contribution in [0.1, 0.15) is 35.3 Å². The molecular formula is C17H21N3OS2. The largest absolute Gasteiger partial charge is 0.345 e. The first kappa shape index (κ1) is 15.3. The van der Waals surface area contributed by atoms with Crippen molar-refractivity contribution in [2.45, 2.75) is 38.8 Å². The molecule has 2 bridgehead atoms. The molecule has 4 nitrogen and oxygen atoms in total. The summed E-state index contributed by atoms with van der Waals surface area (Å²) in [6, 6.07) is 4.82. The van der Waals surface area contributed by atoms with Gasteiger partial charge in [-0.3, -0.25) is 9.69 Å². The van der Waals surface area contributed by atoms with Crippen molar-refractivity contribution in [2.75, 3.05) is 13.1 Å². The number of thiazole rings is 1. The zero-order valence-corrected chi connectivity index (χ0v) is 15.0. The van der Waals surface area contributed by atoms with Crippen LogP contribution in [0.2, 0.25) is 0 Å². The Balaban J connectivity index is 1.53. The molecule has 0 saturated carbocycles. The van der Waals surface area contributed by atoms with E-state index in [2.05, 4.69) is 33.6 Å². The van der Waals surface area contributed by atoms with Gasteiger partial charge in [0.2, 0.25) is 0 Å². The van der Waals surface area contributed by atoms with Crippen LogP contribution < -0.4 is 5.32 Å². The number of piperidine rings is 3. The standard InChI is InChI=1S/C17H21N3OS2/c1-10-15(13-4-3-9-22-13)23-17(18-10)16(21)19-14-11(2)20-7-5-12(14)6-8-20/h3-4,9,11-12,14H,5-8H2,1-2H3,(H,19,21)/t11-,14-/m0/s1. The van der Waals surface area contributed by atoms with E-state index >= 15 is 0 Å². The Kier molecular flexibility index (Phi) is 3.99. The van der Waals surface area contributed by atoms with Crippen molar-refractivity contribution in [1.29, 1.82) is 0 Å². The molecule has 2 aromatic heterocycles. The third kappa shape index (κ3) is 2.73. The van der Waals surface area contributed by atoms with Crippen LogP contribution in [0.15, 0.2) is 17.5 Å². The molecule has 5 rings (SSSR count). The van der Waals surface area contributed by atoms with Gasteiger partial charge in [-0.25, -0.2) is 4.98 Å². The molecule has 23 heavy (non-hydrogen) atoms. The van der Waals surface area contributed by atoms with E-state index in [1.54, 1.807) is 11.3 Å². The lowest BCUT2D eigenvalue weighted by Gasteiger charge is -2.49. The second kappa shape index (κ2) is 6.00. The molecule has 0 radical (unpaired) electrons. The minimum Gasteiger partial charge on any atom is -0.345 e. The summed E-state index contributed by atoms with van der Waals surface area (Å²) in [7, 11) is 0. The topological polar surface area (TPSA) is 45.2 Å². The number of carbonyl (C=O) groups is 1. The van der Waals surface area contributed by atoms with E-state index in [0.717, 1.165) is 10.6 Å². The normalized spacial score (nSPS) is 29.7. The monoisotopic (exact) mass is 347 g/mol. The lowest BCUT2D eigenvalue weighted by Crippen LogP contribution is -2.62. The quantitative estimate of drug-likeness (QED) is 0.926. The lowest BCUT2D eigenvalue weighted by molar-refractivity contribution is 0.0217. The van der Waals surface area contributed by atoms with E-state index in [9.17, 15) is 4.79 Å². The van der Waals surface area contributed by atoms with Gasteiger partial charge in [0.25, 0.3) is 5.91 Å². The maximum atomic E-state index is 12.7. The molecular weight excluding hydrogens is 326 g/mol. The van der Waals surface area contributed by atoms with Gasteiger partial charge in [-0.05, 0) is 57.1 Å². The van der Waals surface area contributed by atoms with Crippen LogP contribution in [0.25, 0.3) is 9.75 Å². The molecule has 2 atom stereocenters. The minimum absolute atomic E-state index is 0.00786. The summed E-state index contributed by atoms with van der Waals surface area (Å²) >= 11 is 3.20. The maximum absolute atomic E-state index is 12.7. The van der Waals surface area contributed by atoms with E-state index in [4.69, 9.17) is 0 Å². The summed E-state index contributed by atoms with van der Waals surface area (Å²) in [4.78, 5) is 22.0. The summed E-state index contributed by atoms with van der Waals surface area (Å²) in [5.74, 6) is 0.614. The molecule has 3 aliphatic rings. The Morgan fingerprint density at radius 2 is 2.17 bits per heavy atom. The third-order valence-electron chi connectivity index (χ3n) is 5.21. The van der Waals surface area contributed by atoms with Crippen LogP contribution in [0, 0.1) is 12.8 Å². The number of carbonyl (C=O) groups excluding carboxylic acids is 1. The molecule has 122 valence electrons. The third-order valence-corrected chi connectivity index (χ3v) is 7.42. The summed E-state index contributed by atoms with van der Waals surface area (Å²) in [6.45, 7) is 6.58. The smallest absolute Gasteiger partial charge is 0.280 e. The van der Waals surface area contributed by atoms with Crippen molar-refractivity contribution in [1.82, 2.24) is 15.2 Å². The molecule has 1 amide bonds. The molecule has 0 aromatic carbocycles. The van der Waals surface area contributed by atoms with Gasteiger partial charge in [-0.2, -0.15) is 0 Å². The predicted molar refractivity (Wildman–Crippen MR) is 95.2 cm³/mol. The number of amides is 1. The first-order chi connectivity index (χ1) is 11.1. The zero-order chi connectivity index (χ0) is 16.0. The number of aryl methyl sites for hydroxylation is 1. The zero-order valence-electron chi connectivity index (χ0n) is 13.4. The summed E-state index contributed by atoms with van der Waals surface area (Å²) < 4.78 is 0. The van der Waals surface area contributed by atoms with Crippen LogP contribution in [0.5, 0.6) is 0 Å². The Bertz CT molecular complexity index is 700. The number of hydrogen-bond donors (Lipinski definition) is 1. The fourth-order valence-electron chi connectivity index (χ4n) is 3.89. The average Bonchev–Trinajstić information content (AvgIpc) is 3.20. The molecule has 0 unspecified atom stereocenters. The second-order valence-electron chi connectivity index (χ2n) is 6.52. The Hall–Kier alpha value is -1.24. The van der Waals surface area contributed by atoms with Crippen LogP contribution in [-0.4, -0.2) is 41.0 Å². The van der Waals surface area contributed by atoms with Crippen LogP contribution >= 0.6 is 22.7 Å². The van der Waals surface area contributed by atoms with Crippen molar-refractivity contribution in [2.24, 2.45) is 5.92 Å². The molecule has 6 heteroatoms. The van der Waals surface area contributed by atoms with E-state index in [1.807, 2.05) is 13.0 Å². The van der Waals surface area contributed by atoms with Crippen LogP contribution in [-0.2, 0) is 0 Å². The van der Waals surface area contributed by atoms with E-state index < -0.39 is 0 Å². The number of thiophene rings is 1. The van der Waals surface area contributed by atoms with Crippen molar-refractivity contribution < 1.29 is 4.79 Å². The summed E-state index contributed by atoms with van der Waals surface area (Å²) in [5.41, 5.74) is 0.949. The predicted octanol–water partition coefficient (Wildman–Crippen LogP) is 3.39. The molecule has 0 spiro atoms. The van der Waals surface area contributed by atoms with Crippen molar-refractivity contribution in [3.8, 4) is 9.75 Å². The highest BCUT2D eigenvalue weighted by Crippen LogP contribution is 2.35. The highest BCUT2D eigenvalue weighted by atomic mass is 32.1. The fourth-order valence-corrected chi connectivity index (χ4v) is 5.76. The average molecular weight is 348 g/mol. The minimum atomic E-state index is -0.00786. The Morgan fingerprint density at radius 3 is 2.83 bits per heavy atom. The van der Waals surface area contributed by atoms with Gasteiger partial charge < -0.3 is 5.32 Å². The van der Waals surface area contributed by atoms with E-state index in [1.165, 1.54) is 42.1 Å². The molecule has 2 aromatic rings. The van der Waals surface area contributed by atoms with Gasteiger partial charge in [0.1, 0.15) is 0 Å². The van der Waals surface area contributed by atoms with Gasteiger partial charge in [0.15, 0.2) is 5.01 Å². The van der Waals surface area contributed by atoms with Crippen molar-refractivity contribution in [3.63, 3.8) is 0 Å². The fraction of sp³-hybridized carbons (Fsp3) is 0.529. The number of fused-ring (bicyclic) bond motifs is 3. The number of nitrogens with one attached hydrogen (secondary N) is 1. The molecule has 1 N–H and O–H groups in total. The van der Waals surface area contributed by atoms with Gasteiger partial charge in [-0.15, -0.1) is 22.7 Å². The Morgan fingerprint density at radius 1 is 1.39 bits per heavy atom. The number of nitrogens with zero attached hydrogens (tertiary/aromatic N) is 2. The van der Waals surface area contributed by atoms with E-state index in [-0.39, 0.29) is 11.9 Å². The molecule has 5 heterocycles. The second-order valence-corrected chi connectivity index (χ2v) is 8.47. The summed E-state index contributed by atoms with van der Waals surface area (Å²) in [5, 5.41) is 5.92. The van der Waals surface area contributed by atoms with Gasteiger partial charge in [-0.1, -0.05) is 6.07 Å². The molecule has 3 aliphatic heterocycles. The van der Waals surface area contributed by atoms with Gasteiger partial charge >= 0.3 is 0 Å². The molecule has 0 aliphatic carbocycles. The lowest BCUT2D eigenvalue weighted by atomic mass is 9.79. The van der Waals surface area contributed by atoms with Crippen LogP contribution in [0.4, 0.5) is 0 Å². The molecule has 3 saturated heterocycles. The van der Waals surface area contributed by atoms with Crippen molar-refractivity contribution >= 4 is 28.6 Å². The maximum Gasteiger partial charge on any atom is 0.280 e. The van der Waals surface area contributed by atoms with Gasteiger partial charge in [0, 0.05) is 17.0 Å². The van der Waals surface area contributed by atoms with E-state index in [0.29, 0.717) is 17.0 Å². The van der Waals surface area contributed by atoms with Gasteiger partial charge in [0.05, 0.1) is 10.6 Å². The Labute approximate surface area is 144 Å². The number of aromatic nitrogens is 1. The number of rotatable bonds is 3. The highest BCUT2D eigenvalue weighted by molar-refractivity contribution is 7.22. The molecule has 3 fully saturated rings. The first-order valence-corrected chi connectivity index (χ1v) is 9.89. The first-order valence-electron chi connectivity index (χ1n) is 8.19. The van der Waals surface area contributed by atoms with Crippen LogP contribution in [0.3, 0.4) is 0 Å². The van der Waals surface area contributed by atoms with Crippen molar-refractivity contribution in [3.05, 3.63) is 28.2 Å². The highest BCUT2D eigenvalue weighted by Gasteiger charge is 2.40. The summed E-state index contributed by atoms with van der Waals surface area (Å²) in [6.07, 6.45) is 2.40.